The molecule has 2 aromatic heterocycles. The molecule has 2 rings (SSSR count). The molecule has 1 N–H and O–H groups in total. The second-order valence-corrected chi connectivity index (χ2v) is 5.98. The Morgan fingerprint density at radius 2 is 2.16 bits per heavy atom. The van der Waals surface area contributed by atoms with Crippen molar-refractivity contribution >= 4 is 10.0 Å². The third kappa shape index (κ3) is 3.01. The van der Waals surface area contributed by atoms with Crippen LogP contribution in [0, 0.1) is 0 Å². The molecule has 6 nitrogen and oxygen atoms in total. The lowest BCUT2D eigenvalue weighted by molar-refractivity contribution is 0.235. The zero-order valence-corrected chi connectivity index (χ0v) is 11.2. The smallest absolute Gasteiger partial charge is 0.276 e. The molecule has 0 unspecified atom stereocenters. The molecule has 0 fully saturated rings. The topological polar surface area (TPSA) is 83.6 Å². The van der Waals surface area contributed by atoms with Crippen molar-refractivity contribution < 1.29 is 17.9 Å². The minimum Gasteiger partial charge on any atom is -0.446 e. The van der Waals surface area contributed by atoms with Crippen LogP contribution >= 0.6 is 0 Å². The number of aliphatic hydroxyl groups is 1. The summed E-state index contributed by atoms with van der Waals surface area (Å²) in [5.74, 6) is 0.216. The normalized spacial score (nSPS) is 11.9. The predicted octanol–water partition coefficient (Wildman–Crippen LogP) is 0.988. The van der Waals surface area contributed by atoms with Gasteiger partial charge in [-0.2, -0.15) is 4.31 Å². The largest absolute Gasteiger partial charge is 0.446 e. The lowest BCUT2D eigenvalue weighted by atomic mass is 10.3. The minimum atomic E-state index is -3.70. The van der Waals surface area contributed by atoms with E-state index in [1.54, 1.807) is 24.5 Å². The second-order valence-electron chi connectivity index (χ2n) is 4.00. The van der Waals surface area contributed by atoms with Crippen molar-refractivity contribution in [3.05, 3.63) is 48.0 Å². The number of pyridine rings is 1. The number of rotatable bonds is 5. The van der Waals surface area contributed by atoms with Crippen LogP contribution < -0.4 is 0 Å². The molecule has 0 aromatic carbocycles. The summed E-state index contributed by atoms with van der Waals surface area (Å²) in [6.07, 6.45) is 3.23. The first-order chi connectivity index (χ1) is 9.04. The summed E-state index contributed by atoms with van der Waals surface area (Å²) in [6.45, 7) is -0.132. The van der Waals surface area contributed by atoms with E-state index in [2.05, 4.69) is 4.98 Å². The monoisotopic (exact) mass is 282 g/mol. The van der Waals surface area contributed by atoms with Gasteiger partial charge in [0.1, 0.15) is 12.4 Å². The summed E-state index contributed by atoms with van der Waals surface area (Å²) in [6, 6.07) is 6.30. The zero-order chi connectivity index (χ0) is 13.9. The summed E-state index contributed by atoms with van der Waals surface area (Å²) < 4.78 is 30.6. The highest BCUT2D eigenvalue weighted by Gasteiger charge is 2.24. The summed E-state index contributed by atoms with van der Waals surface area (Å²) in [7, 11) is -2.24. The molecule has 19 heavy (non-hydrogen) atoms. The van der Waals surface area contributed by atoms with E-state index in [1.165, 1.54) is 23.5 Å². The van der Waals surface area contributed by atoms with Crippen molar-refractivity contribution in [2.24, 2.45) is 0 Å². The van der Waals surface area contributed by atoms with Crippen LogP contribution in [0.15, 0.2) is 46.2 Å². The highest BCUT2D eigenvalue weighted by atomic mass is 32.2. The van der Waals surface area contributed by atoms with Crippen LogP contribution in [0.3, 0.4) is 0 Å². The van der Waals surface area contributed by atoms with E-state index in [9.17, 15) is 8.42 Å². The summed E-state index contributed by atoms with van der Waals surface area (Å²) >= 11 is 0. The van der Waals surface area contributed by atoms with E-state index >= 15 is 0 Å². The van der Waals surface area contributed by atoms with E-state index in [0.717, 1.165) is 5.56 Å². The molecular weight excluding hydrogens is 268 g/mol. The van der Waals surface area contributed by atoms with Gasteiger partial charge in [0.05, 0.1) is 0 Å². The average molecular weight is 282 g/mol. The van der Waals surface area contributed by atoms with Crippen LogP contribution in [0.25, 0.3) is 0 Å². The Morgan fingerprint density at radius 1 is 1.37 bits per heavy atom. The van der Waals surface area contributed by atoms with Crippen molar-refractivity contribution in [1.29, 1.82) is 0 Å². The molecule has 0 saturated heterocycles. The molecule has 0 aliphatic carbocycles. The van der Waals surface area contributed by atoms with Gasteiger partial charge in [-0.15, -0.1) is 0 Å². The van der Waals surface area contributed by atoms with Crippen LogP contribution in [-0.2, 0) is 23.2 Å². The van der Waals surface area contributed by atoms with Crippen LogP contribution in [-0.4, -0.2) is 29.9 Å². The van der Waals surface area contributed by atoms with E-state index in [-0.39, 0.29) is 24.0 Å². The molecule has 0 atom stereocenters. The molecule has 0 radical (unpaired) electrons. The first kappa shape index (κ1) is 13.7. The maximum atomic E-state index is 12.2. The number of sulfonamides is 1. The molecule has 2 aromatic rings. The molecule has 0 spiro atoms. The first-order valence-corrected chi connectivity index (χ1v) is 7.03. The van der Waals surface area contributed by atoms with Crippen LogP contribution in [0.4, 0.5) is 0 Å². The second kappa shape index (κ2) is 5.52. The number of aromatic nitrogens is 1. The molecule has 102 valence electrons. The fourth-order valence-corrected chi connectivity index (χ4v) is 2.65. The third-order valence-corrected chi connectivity index (χ3v) is 4.26. The number of nitrogens with zero attached hydrogens (tertiary/aromatic N) is 2. The maximum Gasteiger partial charge on any atom is 0.276 e. The van der Waals surface area contributed by atoms with Gasteiger partial charge in [0.15, 0.2) is 0 Å². The Hall–Kier alpha value is -1.70. The molecule has 0 aliphatic rings. The average Bonchev–Trinajstić information content (AvgIpc) is 2.89. The third-order valence-electron chi connectivity index (χ3n) is 2.59. The van der Waals surface area contributed by atoms with Crippen LogP contribution in [0.2, 0.25) is 0 Å². The molecule has 2 heterocycles. The van der Waals surface area contributed by atoms with Crippen molar-refractivity contribution in [2.45, 2.75) is 18.2 Å². The Kier molecular flexibility index (Phi) is 3.98. The number of furan rings is 1. The molecule has 0 bridgehead atoms. The lowest BCUT2D eigenvalue weighted by Crippen LogP contribution is -2.26. The Balaban J connectivity index is 2.19. The van der Waals surface area contributed by atoms with E-state index in [0.29, 0.717) is 0 Å². The van der Waals surface area contributed by atoms with Crippen molar-refractivity contribution in [1.82, 2.24) is 9.29 Å². The van der Waals surface area contributed by atoms with Gasteiger partial charge in [0.25, 0.3) is 10.0 Å². The molecular formula is C12H14N2O4S. The Labute approximate surface area is 111 Å². The van der Waals surface area contributed by atoms with Gasteiger partial charge in [-0.1, -0.05) is 6.07 Å². The predicted molar refractivity (Wildman–Crippen MR) is 67.5 cm³/mol. The van der Waals surface area contributed by atoms with Gasteiger partial charge in [-0.25, -0.2) is 8.42 Å². The maximum absolute atomic E-state index is 12.2. The van der Waals surface area contributed by atoms with Crippen molar-refractivity contribution in [3.8, 4) is 0 Å². The molecule has 7 heteroatoms. The van der Waals surface area contributed by atoms with E-state index < -0.39 is 10.0 Å². The van der Waals surface area contributed by atoms with Gasteiger partial charge < -0.3 is 9.52 Å². The molecule has 0 saturated carbocycles. The SMILES string of the molecule is CN(Cc1cccnc1)S(=O)(=O)c1ccc(CO)o1. The molecule has 0 amide bonds. The fourth-order valence-electron chi connectivity index (χ4n) is 1.57. The van der Waals surface area contributed by atoms with Crippen LogP contribution in [0.1, 0.15) is 11.3 Å². The quantitative estimate of drug-likeness (QED) is 0.884. The van der Waals surface area contributed by atoms with Gasteiger partial charge >= 0.3 is 0 Å². The fraction of sp³-hybridized carbons (Fsp3) is 0.250. The van der Waals surface area contributed by atoms with Crippen molar-refractivity contribution in [2.75, 3.05) is 7.05 Å². The number of aliphatic hydroxyl groups excluding tert-OH is 1. The van der Waals surface area contributed by atoms with Gasteiger partial charge in [-0.05, 0) is 23.8 Å². The highest BCUT2D eigenvalue weighted by molar-refractivity contribution is 7.88. The molecule has 0 aliphatic heterocycles. The van der Waals surface area contributed by atoms with E-state index in [4.69, 9.17) is 9.52 Å². The van der Waals surface area contributed by atoms with Gasteiger partial charge in [0.2, 0.25) is 5.09 Å². The standard InChI is InChI=1S/C12H14N2O4S/c1-14(8-10-3-2-6-13-7-10)19(16,17)12-5-4-11(9-15)18-12/h2-7,15H,8-9H2,1H3. The van der Waals surface area contributed by atoms with Gasteiger partial charge in [-0.3, -0.25) is 4.98 Å². The van der Waals surface area contributed by atoms with Crippen molar-refractivity contribution in [3.63, 3.8) is 0 Å². The number of hydrogen-bond donors (Lipinski definition) is 1. The van der Waals surface area contributed by atoms with E-state index in [1.807, 2.05) is 0 Å². The lowest BCUT2D eigenvalue weighted by Gasteiger charge is -2.15. The minimum absolute atomic E-state index is 0.178. The zero-order valence-electron chi connectivity index (χ0n) is 10.4. The van der Waals surface area contributed by atoms with Gasteiger partial charge in [0, 0.05) is 26.0 Å². The summed E-state index contributed by atoms with van der Waals surface area (Å²) in [5, 5.41) is 8.70. The van der Waals surface area contributed by atoms with Crippen LogP contribution in [0.5, 0.6) is 0 Å². The summed E-state index contributed by atoms with van der Waals surface area (Å²) in [5.41, 5.74) is 0.780. The Bertz CT molecular complexity index is 637. The first-order valence-electron chi connectivity index (χ1n) is 5.59. The Morgan fingerprint density at radius 3 is 2.74 bits per heavy atom. The highest BCUT2D eigenvalue weighted by Crippen LogP contribution is 2.19. The number of hydrogen-bond acceptors (Lipinski definition) is 5. The summed E-state index contributed by atoms with van der Waals surface area (Å²) in [4.78, 5) is 3.93.